The Morgan fingerprint density at radius 3 is 2.96 bits per heavy atom. The Hall–Kier alpha value is -2.37. The van der Waals surface area contributed by atoms with Gasteiger partial charge in [0.25, 0.3) is 0 Å². The van der Waals surface area contributed by atoms with Gasteiger partial charge < -0.3 is 4.90 Å². The summed E-state index contributed by atoms with van der Waals surface area (Å²) in [4.78, 5) is 15.3. The van der Waals surface area contributed by atoms with Crippen LogP contribution in [0.15, 0.2) is 55.4 Å². The molecule has 0 saturated carbocycles. The van der Waals surface area contributed by atoms with Gasteiger partial charge in [-0.1, -0.05) is 42.4 Å². The number of amides is 1. The SMILES string of the molecule is C=CC(=O)N1Cc2sc(Cl)cc2[C@H](c2ccccc2-c2cnn(CC)c2)C1. The summed E-state index contributed by atoms with van der Waals surface area (Å²) >= 11 is 7.88. The molecule has 3 aromatic rings. The van der Waals surface area contributed by atoms with Crippen LogP contribution in [0.1, 0.15) is 28.8 Å². The Balaban J connectivity index is 1.82. The second kappa shape index (κ2) is 7.33. The maximum Gasteiger partial charge on any atom is 0.246 e. The van der Waals surface area contributed by atoms with Gasteiger partial charge in [0, 0.05) is 35.6 Å². The third kappa shape index (κ3) is 3.33. The van der Waals surface area contributed by atoms with Crippen LogP contribution in [0.25, 0.3) is 11.1 Å². The van der Waals surface area contributed by atoms with E-state index in [4.69, 9.17) is 11.6 Å². The number of carbonyl (C=O) groups is 1. The van der Waals surface area contributed by atoms with E-state index in [0.717, 1.165) is 26.9 Å². The minimum Gasteiger partial charge on any atom is -0.333 e. The van der Waals surface area contributed by atoms with Gasteiger partial charge in [0.2, 0.25) is 5.91 Å². The molecule has 0 saturated heterocycles. The van der Waals surface area contributed by atoms with E-state index in [1.165, 1.54) is 17.2 Å². The predicted octanol–water partition coefficient (Wildman–Crippen LogP) is 4.95. The maximum absolute atomic E-state index is 12.3. The molecule has 0 unspecified atom stereocenters. The Bertz CT molecular complexity index is 1010. The first kappa shape index (κ1) is 18.0. The van der Waals surface area contributed by atoms with Gasteiger partial charge in [0.05, 0.1) is 17.1 Å². The van der Waals surface area contributed by atoms with Crippen LogP contribution < -0.4 is 0 Å². The molecule has 0 bridgehead atoms. The number of thiophene rings is 1. The molecule has 0 aliphatic carbocycles. The molecule has 1 aliphatic rings. The molecular formula is C21H20ClN3OS. The summed E-state index contributed by atoms with van der Waals surface area (Å²) in [5, 5.41) is 4.42. The number of carbonyl (C=O) groups excluding carboxylic acids is 1. The van der Waals surface area contributed by atoms with Gasteiger partial charge in [-0.3, -0.25) is 9.48 Å². The van der Waals surface area contributed by atoms with E-state index in [-0.39, 0.29) is 11.8 Å². The lowest BCUT2D eigenvalue weighted by Crippen LogP contribution is -2.37. The summed E-state index contributed by atoms with van der Waals surface area (Å²) in [5.41, 5.74) is 4.63. The van der Waals surface area contributed by atoms with Crippen LogP contribution in [-0.4, -0.2) is 27.1 Å². The zero-order valence-corrected chi connectivity index (χ0v) is 16.6. The smallest absolute Gasteiger partial charge is 0.246 e. The van der Waals surface area contributed by atoms with Crippen LogP contribution in [0.5, 0.6) is 0 Å². The molecule has 1 aliphatic heterocycles. The van der Waals surface area contributed by atoms with Crippen molar-refractivity contribution in [1.29, 1.82) is 0 Å². The molecule has 4 nitrogen and oxygen atoms in total. The molecule has 27 heavy (non-hydrogen) atoms. The average molecular weight is 398 g/mol. The number of hydrogen-bond acceptors (Lipinski definition) is 3. The van der Waals surface area contributed by atoms with E-state index in [1.54, 1.807) is 11.3 Å². The molecule has 138 valence electrons. The number of benzene rings is 1. The molecule has 1 amide bonds. The van der Waals surface area contributed by atoms with Crippen LogP contribution in [-0.2, 0) is 17.9 Å². The van der Waals surface area contributed by atoms with E-state index in [2.05, 4.69) is 36.9 Å². The van der Waals surface area contributed by atoms with Gasteiger partial charge in [-0.25, -0.2) is 0 Å². The summed E-state index contributed by atoms with van der Waals surface area (Å²) < 4.78 is 2.68. The quantitative estimate of drug-likeness (QED) is 0.584. The van der Waals surface area contributed by atoms with Crippen molar-refractivity contribution in [3.05, 3.63) is 75.7 Å². The number of aromatic nitrogens is 2. The van der Waals surface area contributed by atoms with Gasteiger partial charge >= 0.3 is 0 Å². The topological polar surface area (TPSA) is 38.1 Å². The van der Waals surface area contributed by atoms with Crippen molar-refractivity contribution >= 4 is 28.8 Å². The highest BCUT2D eigenvalue weighted by Gasteiger charge is 2.31. The zero-order chi connectivity index (χ0) is 19.0. The van der Waals surface area contributed by atoms with Gasteiger partial charge in [0.1, 0.15) is 0 Å². The van der Waals surface area contributed by atoms with Crippen molar-refractivity contribution in [1.82, 2.24) is 14.7 Å². The van der Waals surface area contributed by atoms with Crippen molar-refractivity contribution in [2.24, 2.45) is 0 Å². The van der Waals surface area contributed by atoms with Crippen molar-refractivity contribution in [2.45, 2.75) is 25.9 Å². The Kier molecular flexibility index (Phi) is 4.89. The number of rotatable bonds is 4. The highest BCUT2D eigenvalue weighted by Crippen LogP contribution is 2.42. The third-order valence-corrected chi connectivity index (χ3v) is 6.28. The second-order valence-corrected chi connectivity index (χ2v) is 8.34. The van der Waals surface area contributed by atoms with E-state index in [1.807, 2.05) is 34.0 Å². The molecule has 4 rings (SSSR count). The molecule has 6 heteroatoms. The monoisotopic (exact) mass is 397 g/mol. The zero-order valence-electron chi connectivity index (χ0n) is 15.1. The first-order valence-corrected chi connectivity index (χ1v) is 10.1. The molecular weight excluding hydrogens is 378 g/mol. The molecule has 2 aromatic heterocycles. The molecule has 0 spiro atoms. The lowest BCUT2D eigenvalue weighted by atomic mass is 9.84. The fourth-order valence-corrected chi connectivity index (χ4v) is 5.04. The Labute approximate surface area is 167 Å². The van der Waals surface area contributed by atoms with Gasteiger partial charge in [-0.05, 0) is 35.8 Å². The van der Waals surface area contributed by atoms with Crippen LogP contribution in [0, 0.1) is 0 Å². The molecule has 0 N–H and O–H groups in total. The van der Waals surface area contributed by atoms with E-state index < -0.39 is 0 Å². The van der Waals surface area contributed by atoms with Crippen LogP contribution in [0.3, 0.4) is 0 Å². The summed E-state index contributed by atoms with van der Waals surface area (Å²) in [6.07, 6.45) is 5.35. The van der Waals surface area contributed by atoms with E-state index >= 15 is 0 Å². The average Bonchev–Trinajstić information content (AvgIpc) is 3.32. The molecule has 1 aromatic carbocycles. The summed E-state index contributed by atoms with van der Waals surface area (Å²) in [7, 11) is 0. The van der Waals surface area contributed by atoms with Crippen molar-refractivity contribution < 1.29 is 4.79 Å². The van der Waals surface area contributed by atoms with Gasteiger partial charge in [-0.15, -0.1) is 11.3 Å². The van der Waals surface area contributed by atoms with E-state index in [0.29, 0.717) is 13.1 Å². The number of aryl methyl sites for hydroxylation is 1. The highest BCUT2D eigenvalue weighted by molar-refractivity contribution is 7.16. The number of hydrogen-bond donors (Lipinski definition) is 0. The standard InChI is InChI=1S/C21H20ClN3OS/c1-3-21(26)24-12-18(17-9-20(22)27-19(17)13-24)16-8-6-5-7-15(16)14-10-23-25(4-2)11-14/h3,5-11,18H,1,4,12-13H2,2H3/t18-/m0/s1. The molecule has 3 heterocycles. The minimum absolute atomic E-state index is 0.0496. The number of fused-ring (bicyclic) bond motifs is 1. The third-order valence-electron chi connectivity index (χ3n) is 5.02. The summed E-state index contributed by atoms with van der Waals surface area (Å²) in [6, 6.07) is 10.4. The summed E-state index contributed by atoms with van der Waals surface area (Å²) in [6.45, 7) is 7.75. The fraction of sp³-hybridized carbons (Fsp3) is 0.238. The normalized spacial score (nSPS) is 16.2. The van der Waals surface area contributed by atoms with Crippen molar-refractivity contribution in [2.75, 3.05) is 6.54 Å². The number of halogens is 1. The molecule has 0 radical (unpaired) electrons. The molecule has 1 atom stereocenters. The predicted molar refractivity (Wildman–Crippen MR) is 110 cm³/mol. The summed E-state index contributed by atoms with van der Waals surface area (Å²) in [5.74, 6) is 0.0223. The van der Waals surface area contributed by atoms with E-state index in [9.17, 15) is 4.79 Å². The van der Waals surface area contributed by atoms with Gasteiger partial charge in [-0.2, -0.15) is 5.10 Å². The maximum atomic E-state index is 12.3. The first-order valence-electron chi connectivity index (χ1n) is 8.92. The molecule has 0 fully saturated rings. The van der Waals surface area contributed by atoms with Crippen molar-refractivity contribution in [3.8, 4) is 11.1 Å². The fourth-order valence-electron chi connectivity index (χ4n) is 3.69. The lowest BCUT2D eigenvalue weighted by molar-refractivity contribution is -0.127. The van der Waals surface area contributed by atoms with Gasteiger partial charge in [0.15, 0.2) is 0 Å². The highest BCUT2D eigenvalue weighted by atomic mass is 35.5. The van der Waals surface area contributed by atoms with Crippen molar-refractivity contribution in [3.63, 3.8) is 0 Å². The minimum atomic E-state index is -0.0496. The van der Waals surface area contributed by atoms with Crippen LogP contribution >= 0.6 is 22.9 Å². The largest absolute Gasteiger partial charge is 0.333 e. The Morgan fingerprint density at radius 2 is 2.22 bits per heavy atom. The lowest BCUT2D eigenvalue weighted by Gasteiger charge is -2.33. The first-order chi connectivity index (χ1) is 13.1. The Morgan fingerprint density at radius 1 is 1.41 bits per heavy atom. The van der Waals surface area contributed by atoms with Crippen LogP contribution in [0.2, 0.25) is 4.34 Å². The second-order valence-electron chi connectivity index (χ2n) is 6.58. The number of nitrogens with zero attached hydrogens (tertiary/aromatic N) is 3. The van der Waals surface area contributed by atoms with Crippen LogP contribution in [0.4, 0.5) is 0 Å².